The van der Waals surface area contributed by atoms with Gasteiger partial charge in [-0.25, -0.2) is 4.57 Å². The van der Waals surface area contributed by atoms with Gasteiger partial charge < -0.3 is 25.3 Å². The number of rotatable bonds is 8. The average Bonchev–Trinajstić information content (AvgIpc) is 2.76. The van der Waals surface area contributed by atoms with Crippen LogP contribution < -0.4 is 5.32 Å². The van der Waals surface area contributed by atoms with Crippen molar-refractivity contribution < 1.29 is 19.6 Å². The molecule has 0 amide bonds. The maximum absolute atomic E-state index is 10.6. The summed E-state index contributed by atoms with van der Waals surface area (Å²) >= 11 is 0. The lowest BCUT2D eigenvalue weighted by atomic mass is 10.3. The van der Waals surface area contributed by atoms with Gasteiger partial charge in [0.2, 0.25) is 0 Å². The molecule has 9 heteroatoms. The quantitative estimate of drug-likeness (QED) is 0.278. The Bertz CT molecular complexity index is 433. The molecule has 1 aromatic heterocycles. The van der Waals surface area contributed by atoms with Crippen molar-refractivity contribution in [3.63, 3.8) is 0 Å². The zero-order valence-corrected chi connectivity index (χ0v) is 10.5. The number of nitrogens with one attached hydrogen (secondary N) is 1. The Morgan fingerprint density at radius 3 is 3.11 bits per heavy atom. The first-order valence-corrected chi connectivity index (χ1v) is 5.68. The second-order valence-electron chi connectivity index (χ2n) is 3.83. The van der Waals surface area contributed by atoms with Crippen molar-refractivity contribution in [2.75, 3.05) is 19.7 Å². The van der Waals surface area contributed by atoms with Crippen LogP contribution in [0, 0.1) is 10.1 Å². The molecule has 1 atom stereocenters. The minimum Gasteiger partial charge on any atom is -0.465 e. The van der Waals surface area contributed by atoms with Crippen molar-refractivity contribution in [1.29, 1.82) is 0 Å². The molecule has 9 nitrogen and oxygen atoms in total. The number of nitrogens with zero attached hydrogens (tertiary/aromatic N) is 3. The highest BCUT2D eigenvalue weighted by Crippen LogP contribution is 2.07. The number of carbonyl (C=O) groups excluding carboxylic acids is 1. The van der Waals surface area contributed by atoms with Gasteiger partial charge in [-0.2, -0.15) is 0 Å². The predicted molar refractivity (Wildman–Crippen MR) is 64.4 cm³/mol. The Balaban J connectivity index is 2.27. The van der Waals surface area contributed by atoms with E-state index < -0.39 is 11.0 Å². The van der Waals surface area contributed by atoms with Crippen LogP contribution in [0.4, 0.5) is 5.95 Å². The van der Waals surface area contributed by atoms with E-state index in [-0.39, 0.29) is 31.6 Å². The van der Waals surface area contributed by atoms with Crippen LogP contribution >= 0.6 is 0 Å². The Hall–Kier alpha value is -2.00. The summed E-state index contributed by atoms with van der Waals surface area (Å²) in [6.07, 6.45) is 1.93. The van der Waals surface area contributed by atoms with Crippen LogP contribution in [0.25, 0.3) is 0 Å². The number of imidazole rings is 1. The fourth-order valence-corrected chi connectivity index (χ4v) is 1.44. The molecule has 106 valence electrons. The molecule has 0 saturated carbocycles. The molecule has 0 bridgehead atoms. The van der Waals surface area contributed by atoms with E-state index in [0.717, 1.165) is 0 Å². The van der Waals surface area contributed by atoms with Crippen molar-refractivity contribution in [3.05, 3.63) is 22.5 Å². The summed E-state index contributed by atoms with van der Waals surface area (Å²) in [5.41, 5.74) is 0. The first kappa shape index (κ1) is 15.1. The van der Waals surface area contributed by atoms with Crippen LogP contribution in [0.2, 0.25) is 0 Å². The van der Waals surface area contributed by atoms with E-state index >= 15 is 0 Å². The Labute approximate surface area is 109 Å². The highest BCUT2D eigenvalue weighted by molar-refractivity contribution is 5.65. The number of hydrogen-bond donors (Lipinski definition) is 2. The number of ether oxygens (including phenoxy) is 1. The molecule has 19 heavy (non-hydrogen) atoms. The number of nitro groups is 1. The maximum Gasteiger partial charge on any atom is 0.434 e. The minimum absolute atomic E-state index is 0.0663. The number of aliphatic hydroxyl groups is 1. The number of hydrogen-bond acceptors (Lipinski definition) is 7. The molecule has 0 aliphatic heterocycles. The van der Waals surface area contributed by atoms with Gasteiger partial charge in [0.25, 0.3) is 0 Å². The third kappa shape index (κ3) is 5.44. The lowest BCUT2D eigenvalue weighted by molar-refractivity contribution is -0.397. The average molecular weight is 272 g/mol. The van der Waals surface area contributed by atoms with Crippen molar-refractivity contribution in [2.24, 2.45) is 0 Å². The van der Waals surface area contributed by atoms with Crippen LogP contribution in [0.1, 0.15) is 6.92 Å². The van der Waals surface area contributed by atoms with E-state index in [1.165, 1.54) is 23.9 Å². The van der Waals surface area contributed by atoms with Gasteiger partial charge in [0.1, 0.15) is 19.0 Å². The summed E-state index contributed by atoms with van der Waals surface area (Å²) < 4.78 is 5.95. The third-order valence-corrected chi connectivity index (χ3v) is 2.23. The lowest BCUT2D eigenvalue weighted by Crippen LogP contribution is -2.32. The first-order valence-electron chi connectivity index (χ1n) is 5.68. The molecule has 0 spiro atoms. The summed E-state index contributed by atoms with van der Waals surface area (Å²) in [5, 5.41) is 23.2. The molecule has 0 aliphatic carbocycles. The van der Waals surface area contributed by atoms with Gasteiger partial charge in [-0.3, -0.25) is 4.79 Å². The molecule has 1 aromatic rings. The lowest BCUT2D eigenvalue weighted by Gasteiger charge is -2.11. The summed E-state index contributed by atoms with van der Waals surface area (Å²) in [5.74, 6) is -0.671. The van der Waals surface area contributed by atoms with Gasteiger partial charge in [0.05, 0.1) is 12.6 Å². The molecular formula is C10H16N4O5. The van der Waals surface area contributed by atoms with Crippen LogP contribution in [0.15, 0.2) is 12.4 Å². The predicted octanol–water partition coefficient (Wildman–Crippen LogP) is -0.695. The Morgan fingerprint density at radius 1 is 1.74 bits per heavy atom. The highest BCUT2D eigenvalue weighted by atomic mass is 16.6. The van der Waals surface area contributed by atoms with Gasteiger partial charge >= 0.3 is 11.9 Å². The number of esters is 1. The summed E-state index contributed by atoms with van der Waals surface area (Å²) in [6.45, 7) is 2.23. The normalized spacial score (nSPS) is 12.1. The zero-order valence-electron chi connectivity index (χ0n) is 10.5. The van der Waals surface area contributed by atoms with Crippen molar-refractivity contribution >= 4 is 11.9 Å². The topological polar surface area (TPSA) is 120 Å². The largest absolute Gasteiger partial charge is 0.465 e. The maximum atomic E-state index is 10.6. The van der Waals surface area contributed by atoms with Crippen LogP contribution in [0.5, 0.6) is 0 Å². The molecular weight excluding hydrogens is 256 g/mol. The van der Waals surface area contributed by atoms with E-state index in [0.29, 0.717) is 6.54 Å². The van der Waals surface area contributed by atoms with Gasteiger partial charge in [-0.1, -0.05) is 4.98 Å². The number of aliphatic hydroxyl groups excluding tert-OH is 1. The van der Waals surface area contributed by atoms with Crippen molar-refractivity contribution in [3.8, 4) is 0 Å². The molecule has 2 N–H and O–H groups in total. The standard InChI is InChI=1S/C10H16N4O5/c1-8(15)19-5-3-11-6-9(16)7-13-4-2-12-10(13)14(17)18/h2,4,9,11,16H,3,5-7H2,1H3. The molecule has 0 saturated heterocycles. The molecule has 0 aliphatic rings. The molecule has 0 radical (unpaired) electrons. The van der Waals surface area contributed by atoms with Crippen LogP contribution in [-0.4, -0.2) is 51.4 Å². The van der Waals surface area contributed by atoms with Gasteiger partial charge in [-0.05, 0) is 4.92 Å². The molecule has 1 heterocycles. The minimum atomic E-state index is -0.801. The van der Waals surface area contributed by atoms with E-state index in [1.54, 1.807) is 0 Å². The van der Waals surface area contributed by atoms with E-state index in [9.17, 15) is 20.0 Å². The Morgan fingerprint density at radius 2 is 2.47 bits per heavy atom. The zero-order chi connectivity index (χ0) is 14.3. The van der Waals surface area contributed by atoms with Gasteiger partial charge in [0, 0.05) is 20.0 Å². The molecule has 1 unspecified atom stereocenters. The van der Waals surface area contributed by atoms with E-state index in [1.807, 2.05) is 0 Å². The molecule has 0 aromatic carbocycles. The second-order valence-corrected chi connectivity index (χ2v) is 3.83. The fraction of sp³-hybridized carbons (Fsp3) is 0.600. The van der Waals surface area contributed by atoms with Crippen molar-refractivity contribution in [2.45, 2.75) is 19.6 Å². The fourth-order valence-electron chi connectivity index (χ4n) is 1.44. The number of aromatic nitrogens is 2. The summed E-state index contributed by atoms with van der Waals surface area (Å²) in [4.78, 5) is 24.0. The first-order chi connectivity index (χ1) is 9.00. The van der Waals surface area contributed by atoms with Crippen LogP contribution in [-0.2, 0) is 16.1 Å². The molecule has 0 fully saturated rings. The highest BCUT2D eigenvalue weighted by Gasteiger charge is 2.17. The van der Waals surface area contributed by atoms with Crippen LogP contribution in [0.3, 0.4) is 0 Å². The van der Waals surface area contributed by atoms with Gasteiger partial charge in [0.15, 0.2) is 0 Å². The smallest absolute Gasteiger partial charge is 0.434 e. The third-order valence-electron chi connectivity index (χ3n) is 2.23. The number of carbonyl (C=O) groups is 1. The van der Waals surface area contributed by atoms with E-state index in [4.69, 9.17) is 4.74 Å². The van der Waals surface area contributed by atoms with Gasteiger partial charge in [-0.15, -0.1) is 0 Å². The summed E-state index contributed by atoms with van der Waals surface area (Å²) in [7, 11) is 0. The van der Waals surface area contributed by atoms with E-state index in [2.05, 4.69) is 10.3 Å². The van der Waals surface area contributed by atoms with Crippen molar-refractivity contribution in [1.82, 2.24) is 14.9 Å². The Kier molecular flexibility index (Phi) is 5.90. The SMILES string of the molecule is CC(=O)OCCNCC(O)Cn1ccnc1[N+](=O)[O-]. The summed E-state index contributed by atoms with van der Waals surface area (Å²) in [6, 6.07) is 0. The monoisotopic (exact) mass is 272 g/mol. The molecule has 1 rings (SSSR count). The second kappa shape index (κ2) is 7.44.